The van der Waals surface area contributed by atoms with E-state index in [-0.39, 0.29) is 12.5 Å². The maximum Gasteiger partial charge on any atom is 0.306 e. The minimum absolute atomic E-state index is 0.180. The van der Waals surface area contributed by atoms with Gasteiger partial charge in [-0.05, 0) is 31.0 Å². The highest BCUT2D eigenvalue weighted by atomic mass is 16.4. The summed E-state index contributed by atoms with van der Waals surface area (Å²) in [5, 5.41) is 25.8. The summed E-state index contributed by atoms with van der Waals surface area (Å²) < 4.78 is 1.57. The molecule has 3 rings (SSSR count). The predicted octanol–water partition coefficient (Wildman–Crippen LogP) is 1.26. The van der Waals surface area contributed by atoms with Gasteiger partial charge >= 0.3 is 5.97 Å². The minimum atomic E-state index is -0.704. The maximum atomic E-state index is 11.0. The molecule has 1 N–H and O–H groups in total. The number of carboxylic acids is 1. The molecule has 0 spiro atoms. The molecular formula is C14H15N5O2. The number of rotatable bonds is 3. The largest absolute Gasteiger partial charge is 0.481 e. The second kappa shape index (κ2) is 5.40. The zero-order valence-corrected chi connectivity index (χ0v) is 11.4. The zero-order chi connectivity index (χ0) is 14.8. The molecule has 2 aromatic rings. The van der Waals surface area contributed by atoms with Crippen LogP contribution in [0.3, 0.4) is 0 Å². The average molecular weight is 285 g/mol. The lowest BCUT2D eigenvalue weighted by molar-refractivity contribution is -0.142. The Balaban J connectivity index is 1.79. The van der Waals surface area contributed by atoms with E-state index in [1.807, 2.05) is 18.2 Å². The Bertz CT molecular complexity index is 710. The van der Waals surface area contributed by atoms with E-state index >= 15 is 0 Å². The van der Waals surface area contributed by atoms with Gasteiger partial charge in [-0.15, -0.1) is 5.10 Å². The molecule has 0 atom stereocenters. The fourth-order valence-corrected chi connectivity index (χ4v) is 2.73. The lowest BCUT2D eigenvalue weighted by Crippen LogP contribution is -2.36. The zero-order valence-electron chi connectivity index (χ0n) is 11.4. The predicted molar refractivity (Wildman–Crippen MR) is 75.7 cm³/mol. The van der Waals surface area contributed by atoms with Crippen molar-refractivity contribution in [1.82, 2.24) is 15.0 Å². The number of nitrogens with zero attached hydrogens (tertiary/aromatic N) is 5. The molecule has 1 aromatic carbocycles. The van der Waals surface area contributed by atoms with Crippen molar-refractivity contribution in [2.75, 3.05) is 18.0 Å². The van der Waals surface area contributed by atoms with Crippen molar-refractivity contribution in [2.24, 2.45) is 5.92 Å². The number of nitriles is 1. The number of aromatic nitrogens is 3. The molecule has 21 heavy (non-hydrogen) atoms. The second-order valence-corrected chi connectivity index (χ2v) is 5.18. The molecule has 2 heterocycles. The van der Waals surface area contributed by atoms with E-state index in [9.17, 15) is 4.79 Å². The van der Waals surface area contributed by atoms with Crippen LogP contribution >= 0.6 is 0 Å². The Morgan fingerprint density at radius 3 is 2.86 bits per heavy atom. The molecule has 1 saturated heterocycles. The third-order valence-electron chi connectivity index (χ3n) is 3.93. The summed E-state index contributed by atoms with van der Waals surface area (Å²) >= 11 is 0. The first-order chi connectivity index (χ1) is 10.2. The van der Waals surface area contributed by atoms with Crippen LogP contribution in [0.1, 0.15) is 12.8 Å². The first-order valence-corrected chi connectivity index (χ1v) is 6.87. The van der Waals surface area contributed by atoms with Gasteiger partial charge in [0.05, 0.1) is 17.5 Å². The standard InChI is InChI=1S/C14H15N5O2/c15-5-8-19-13-2-1-11(9-12(13)16-17-19)18-6-3-10(4-7-18)14(20)21/h1-2,9-10H,3-4,6-8H2,(H,20,21). The van der Waals surface area contributed by atoms with Gasteiger partial charge in [-0.25, -0.2) is 4.68 Å². The van der Waals surface area contributed by atoms with Gasteiger partial charge in [0.2, 0.25) is 0 Å². The first-order valence-electron chi connectivity index (χ1n) is 6.87. The first kappa shape index (κ1) is 13.4. The smallest absolute Gasteiger partial charge is 0.306 e. The van der Waals surface area contributed by atoms with Crippen molar-refractivity contribution in [3.63, 3.8) is 0 Å². The monoisotopic (exact) mass is 285 g/mol. The van der Waals surface area contributed by atoms with Crippen LogP contribution in [0.15, 0.2) is 18.2 Å². The summed E-state index contributed by atoms with van der Waals surface area (Å²) in [7, 11) is 0. The van der Waals surface area contributed by atoms with Crippen LogP contribution in [-0.4, -0.2) is 39.2 Å². The van der Waals surface area contributed by atoms with Gasteiger partial charge in [-0.1, -0.05) is 5.21 Å². The number of carboxylic acid groups (broad SMARTS) is 1. The van der Waals surface area contributed by atoms with E-state index in [0.29, 0.717) is 12.8 Å². The SMILES string of the molecule is N#CCn1nnc2cc(N3CCC(C(=O)O)CC3)ccc21. The van der Waals surface area contributed by atoms with Crippen LogP contribution in [0.5, 0.6) is 0 Å². The van der Waals surface area contributed by atoms with Gasteiger partial charge in [-0.2, -0.15) is 5.26 Å². The van der Waals surface area contributed by atoms with Crippen LogP contribution in [0.4, 0.5) is 5.69 Å². The molecule has 1 aromatic heterocycles. The lowest BCUT2D eigenvalue weighted by atomic mass is 9.97. The third kappa shape index (κ3) is 2.52. The second-order valence-electron chi connectivity index (χ2n) is 5.18. The minimum Gasteiger partial charge on any atom is -0.481 e. The van der Waals surface area contributed by atoms with Gasteiger partial charge in [-0.3, -0.25) is 4.79 Å². The van der Waals surface area contributed by atoms with E-state index in [1.54, 1.807) is 4.68 Å². The number of hydrogen-bond acceptors (Lipinski definition) is 5. The molecule has 0 bridgehead atoms. The summed E-state index contributed by atoms with van der Waals surface area (Å²) in [4.78, 5) is 13.1. The van der Waals surface area contributed by atoms with E-state index in [0.717, 1.165) is 29.8 Å². The molecule has 1 aliphatic rings. The van der Waals surface area contributed by atoms with Crippen molar-refractivity contribution >= 4 is 22.7 Å². The van der Waals surface area contributed by atoms with E-state index < -0.39 is 5.97 Å². The fraction of sp³-hybridized carbons (Fsp3) is 0.429. The van der Waals surface area contributed by atoms with Gasteiger partial charge < -0.3 is 10.0 Å². The van der Waals surface area contributed by atoms with E-state index in [1.165, 1.54) is 0 Å². The van der Waals surface area contributed by atoms with Gasteiger partial charge in [0.1, 0.15) is 12.1 Å². The van der Waals surface area contributed by atoms with Gasteiger partial charge in [0.25, 0.3) is 0 Å². The molecule has 1 aliphatic heterocycles. The number of aliphatic carboxylic acids is 1. The Morgan fingerprint density at radius 2 is 2.19 bits per heavy atom. The van der Waals surface area contributed by atoms with Crippen LogP contribution < -0.4 is 4.90 Å². The number of anilines is 1. The number of fused-ring (bicyclic) bond motifs is 1. The van der Waals surface area contributed by atoms with Gasteiger partial charge in [0, 0.05) is 18.8 Å². The number of benzene rings is 1. The molecule has 108 valence electrons. The summed E-state index contributed by atoms with van der Waals surface area (Å²) in [5.74, 6) is -0.939. The molecule has 7 nitrogen and oxygen atoms in total. The summed E-state index contributed by atoms with van der Waals surface area (Å²) in [6.07, 6.45) is 1.32. The Hall–Kier alpha value is -2.62. The summed E-state index contributed by atoms with van der Waals surface area (Å²) in [6.45, 7) is 1.64. The average Bonchev–Trinajstić information content (AvgIpc) is 2.90. The Morgan fingerprint density at radius 1 is 1.43 bits per heavy atom. The normalized spacial score (nSPS) is 16.0. The highest BCUT2D eigenvalue weighted by Crippen LogP contribution is 2.26. The quantitative estimate of drug-likeness (QED) is 0.912. The van der Waals surface area contributed by atoms with Gasteiger partial charge in [0.15, 0.2) is 0 Å². The lowest BCUT2D eigenvalue weighted by Gasteiger charge is -2.31. The Kier molecular flexibility index (Phi) is 3.44. The molecule has 0 unspecified atom stereocenters. The number of hydrogen-bond donors (Lipinski definition) is 1. The maximum absolute atomic E-state index is 11.0. The summed E-state index contributed by atoms with van der Waals surface area (Å²) in [5.41, 5.74) is 2.61. The van der Waals surface area contributed by atoms with Crippen molar-refractivity contribution < 1.29 is 9.90 Å². The van der Waals surface area contributed by atoms with Crippen molar-refractivity contribution in [3.05, 3.63) is 18.2 Å². The number of piperidine rings is 1. The van der Waals surface area contributed by atoms with Crippen molar-refractivity contribution in [1.29, 1.82) is 5.26 Å². The van der Waals surface area contributed by atoms with Crippen LogP contribution in [0.25, 0.3) is 11.0 Å². The topological polar surface area (TPSA) is 95.0 Å². The van der Waals surface area contributed by atoms with E-state index in [2.05, 4.69) is 21.3 Å². The molecule has 0 saturated carbocycles. The third-order valence-corrected chi connectivity index (χ3v) is 3.93. The highest BCUT2D eigenvalue weighted by molar-refractivity contribution is 5.79. The number of carbonyl (C=O) groups is 1. The van der Waals surface area contributed by atoms with Crippen molar-refractivity contribution in [3.8, 4) is 6.07 Å². The highest BCUT2D eigenvalue weighted by Gasteiger charge is 2.24. The molecule has 0 amide bonds. The van der Waals surface area contributed by atoms with Crippen LogP contribution in [-0.2, 0) is 11.3 Å². The molecule has 1 fully saturated rings. The molecule has 0 aliphatic carbocycles. The van der Waals surface area contributed by atoms with E-state index in [4.69, 9.17) is 10.4 Å². The van der Waals surface area contributed by atoms with Crippen molar-refractivity contribution in [2.45, 2.75) is 19.4 Å². The summed E-state index contributed by atoms with van der Waals surface area (Å²) in [6, 6.07) is 7.87. The van der Waals surface area contributed by atoms with Crippen LogP contribution in [0.2, 0.25) is 0 Å². The fourth-order valence-electron chi connectivity index (χ4n) is 2.73. The molecule has 7 heteroatoms. The molecular weight excluding hydrogens is 270 g/mol. The Labute approximate surface area is 121 Å². The molecule has 0 radical (unpaired) electrons. The van der Waals surface area contributed by atoms with Crippen LogP contribution in [0, 0.1) is 17.2 Å².